The summed E-state index contributed by atoms with van der Waals surface area (Å²) in [5, 5.41) is 10.6. The Bertz CT molecular complexity index is 2360. The molecule has 0 aliphatic heterocycles. The average Bonchev–Trinajstić information content (AvgIpc) is 0.923. The Kier molecular flexibility index (Phi) is 71.8. The summed E-state index contributed by atoms with van der Waals surface area (Å²) in [5.74, 6) is -2.27. The van der Waals surface area contributed by atoms with Gasteiger partial charge in [-0.1, -0.05) is 272 Å². The van der Waals surface area contributed by atoms with Gasteiger partial charge in [0.15, 0.2) is 12.2 Å². The van der Waals surface area contributed by atoms with Gasteiger partial charge in [0.05, 0.1) is 26.4 Å². The molecule has 5 atom stereocenters. The normalized spacial score (nSPS) is 14.5. The molecule has 0 spiro atoms. The lowest BCUT2D eigenvalue weighted by Gasteiger charge is -2.21. The summed E-state index contributed by atoms with van der Waals surface area (Å²) in [5.41, 5.74) is 0. The standard InChI is InChI=1S/C83H144O17P2/c1-5-9-13-17-21-25-29-33-37-38-42-44-48-52-56-60-64-68-81(86)94-74-79(100-83(88)70-66-62-58-54-50-46-41-36-32-28-24-20-16-12-8-4)76-98-102(91,92)96-72-77(84)71-95-101(89,90)97-75-78(99-82(87)69-65-61-57-53-49-45-40-35-31-27-23-19-15-11-7-3)73-93-80(85)67-63-59-55-51-47-43-39-34-30-26-22-18-14-10-6-2/h21,24-25,27-28,31,33-37,39-42,44,52,56,77-79,84H,5-20,22-23,26,29-30,32,38,43,45-51,53-55,57-76H2,1-4H3,(H,89,90)(H,91,92)/b25-21-,28-24-,31-27-,37-33-,39-34-,40-35-,41-36-,44-42-,56-52-/t77-,78+,79+/m0/s1. The molecule has 0 aromatic rings. The molecule has 588 valence electrons. The lowest BCUT2D eigenvalue weighted by molar-refractivity contribution is -0.161. The van der Waals surface area contributed by atoms with Crippen molar-refractivity contribution in [2.75, 3.05) is 39.6 Å². The maximum Gasteiger partial charge on any atom is 0.472 e. The van der Waals surface area contributed by atoms with Gasteiger partial charge >= 0.3 is 39.5 Å². The molecule has 0 fully saturated rings. The zero-order chi connectivity index (χ0) is 74.6. The highest BCUT2D eigenvalue weighted by Gasteiger charge is 2.30. The zero-order valence-corrected chi connectivity index (χ0v) is 66.0. The van der Waals surface area contributed by atoms with Crippen molar-refractivity contribution in [3.63, 3.8) is 0 Å². The fourth-order valence-corrected chi connectivity index (χ4v) is 12.1. The Labute approximate surface area is 619 Å². The van der Waals surface area contributed by atoms with Gasteiger partial charge in [0, 0.05) is 25.7 Å². The highest BCUT2D eigenvalue weighted by atomic mass is 31.2. The minimum atomic E-state index is -4.99. The van der Waals surface area contributed by atoms with E-state index in [1.807, 2.05) is 12.2 Å². The molecule has 102 heavy (non-hydrogen) atoms. The largest absolute Gasteiger partial charge is 0.472 e. The van der Waals surface area contributed by atoms with Gasteiger partial charge in [-0.2, -0.15) is 0 Å². The van der Waals surface area contributed by atoms with Crippen LogP contribution in [0.2, 0.25) is 0 Å². The molecule has 0 heterocycles. The highest BCUT2D eigenvalue weighted by molar-refractivity contribution is 7.47. The molecule has 17 nitrogen and oxygen atoms in total. The van der Waals surface area contributed by atoms with Crippen LogP contribution in [0.1, 0.15) is 336 Å². The number of unbranched alkanes of at least 4 members (excludes halogenated alkanes) is 32. The fraction of sp³-hybridized carbons (Fsp3) is 0.735. The maximum atomic E-state index is 13.1. The molecule has 0 saturated carbocycles. The molecule has 0 radical (unpaired) electrons. The lowest BCUT2D eigenvalue weighted by Crippen LogP contribution is -2.30. The fourth-order valence-electron chi connectivity index (χ4n) is 10.5. The van der Waals surface area contributed by atoms with Crippen LogP contribution < -0.4 is 0 Å². The molecule has 3 N–H and O–H groups in total. The summed E-state index contributed by atoms with van der Waals surface area (Å²) in [6.45, 7) is 4.72. The van der Waals surface area contributed by atoms with Crippen LogP contribution in [-0.4, -0.2) is 96.7 Å². The number of carbonyl (C=O) groups excluding carboxylic acids is 4. The summed E-state index contributed by atoms with van der Waals surface area (Å²) in [6.07, 6.45) is 80.7. The molecule has 19 heteroatoms. The van der Waals surface area contributed by atoms with Crippen molar-refractivity contribution in [2.45, 2.75) is 354 Å². The Hall–Kier alpha value is -4.28. The van der Waals surface area contributed by atoms with Gasteiger partial charge in [-0.05, 0) is 148 Å². The van der Waals surface area contributed by atoms with E-state index in [2.05, 4.69) is 125 Å². The SMILES string of the molecule is CCCCC/C=C\C/C=C\C/C=C\C/C=C\CCCC(=O)OC[C@H](COP(=O)(O)OC[C@@H](O)COP(=O)(O)OC[C@@H](COC(=O)CCCCCCC/C=C\CCCCCCCC)OC(=O)CCCCCCC/C=C\C=C/CCCCCC)OC(=O)CCCCCCC/C=C\C/C=C\CCCCC. The van der Waals surface area contributed by atoms with Crippen molar-refractivity contribution in [3.8, 4) is 0 Å². The second-order valence-electron chi connectivity index (χ2n) is 26.7. The van der Waals surface area contributed by atoms with Crippen LogP contribution in [0.15, 0.2) is 109 Å². The van der Waals surface area contributed by atoms with Crippen molar-refractivity contribution in [3.05, 3.63) is 109 Å². The van der Waals surface area contributed by atoms with E-state index in [9.17, 15) is 43.2 Å². The van der Waals surface area contributed by atoms with Crippen molar-refractivity contribution >= 4 is 39.5 Å². The summed E-state index contributed by atoms with van der Waals surface area (Å²) in [6, 6.07) is 0. The first kappa shape index (κ1) is 97.7. The van der Waals surface area contributed by atoms with E-state index >= 15 is 0 Å². The van der Waals surface area contributed by atoms with Gasteiger partial charge in [0.2, 0.25) is 0 Å². The van der Waals surface area contributed by atoms with E-state index in [0.29, 0.717) is 32.1 Å². The van der Waals surface area contributed by atoms with Crippen molar-refractivity contribution in [2.24, 2.45) is 0 Å². The molecule has 2 unspecified atom stereocenters. The predicted octanol–water partition coefficient (Wildman–Crippen LogP) is 23.3. The smallest absolute Gasteiger partial charge is 0.462 e. The summed E-state index contributed by atoms with van der Waals surface area (Å²) in [7, 11) is -9.98. The first-order valence-corrected chi connectivity index (χ1v) is 43.1. The van der Waals surface area contributed by atoms with E-state index in [4.69, 9.17) is 37.0 Å². The molecule has 0 amide bonds. The number of carbonyl (C=O) groups is 4. The molecule has 0 saturated heterocycles. The number of rotatable bonds is 75. The van der Waals surface area contributed by atoms with E-state index in [1.165, 1.54) is 103 Å². The first-order chi connectivity index (χ1) is 49.7. The van der Waals surface area contributed by atoms with Gasteiger partial charge in [-0.3, -0.25) is 37.3 Å². The molecule has 0 aliphatic rings. The van der Waals surface area contributed by atoms with Crippen LogP contribution in [0.25, 0.3) is 0 Å². The summed E-state index contributed by atoms with van der Waals surface area (Å²) >= 11 is 0. The Morgan fingerprint density at radius 1 is 0.284 bits per heavy atom. The number of aliphatic hydroxyl groups is 1. The Morgan fingerprint density at radius 2 is 0.520 bits per heavy atom. The van der Waals surface area contributed by atoms with E-state index in [1.54, 1.807) is 0 Å². The van der Waals surface area contributed by atoms with E-state index in [-0.39, 0.29) is 25.7 Å². The molecule has 0 aromatic heterocycles. The number of esters is 4. The molecular formula is C83H144O17P2. The maximum absolute atomic E-state index is 13.1. The Balaban J connectivity index is 5.43. The molecule has 0 aromatic carbocycles. The van der Waals surface area contributed by atoms with Crippen LogP contribution in [-0.2, 0) is 65.4 Å². The first-order valence-electron chi connectivity index (χ1n) is 40.1. The third-order valence-electron chi connectivity index (χ3n) is 16.7. The summed E-state index contributed by atoms with van der Waals surface area (Å²) < 4.78 is 68.5. The quantitative estimate of drug-likeness (QED) is 0.0128. The monoisotopic (exact) mass is 1470 g/mol. The van der Waals surface area contributed by atoms with Crippen LogP contribution in [0.4, 0.5) is 0 Å². The van der Waals surface area contributed by atoms with Crippen molar-refractivity contribution in [1.29, 1.82) is 0 Å². The lowest BCUT2D eigenvalue weighted by atomic mass is 10.1. The highest BCUT2D eigenvalue weighted by Crippen LogP contribution is 2.45. The van der Waals surface area contributed by atoms with Gasteiger partial charge < -0.3 is 33.8 Å². The third kappa shape index (κ3) is 74.0. The minimum absolute atomic E-state index is 0.0658. The van der Waals surface area contributed by atoms with Gasteiger partial charge in [0.1, 0.15) is 19.3 Å². The van der Waals surface area contributed by atoms with Crippen molar-refractivity contribution < 1.29 is 80.2 Å². The van der Waals surface area contributed by atoms with Crippen LogP contribution in [0, 0.1) is 0 Å². The second kappa shape index (κ2) is 75.0. The predicted molar refractivity (Wildman–Crippen MR) is 418 cm³/mol. The van der Waals surface area contributed by atoms with E-state index in [0.717, 1.165) is 148 Å². The van der Waals surface area contributed by atoms with Gasteiger partial charge in [-0.15, -0.1) is 0 Å². The van der Waals surface area contributed by atoms with Gasteiger partial charge in [0.25, 0.3) is 0 Å². The number of phosphoric acid groups is 2. The third-order valence-corrected chi connectivity index (χ3v) is 18.6. The molecule has 0 rings (SSSR count). The van der Waals surface area contributed by atoms with Crippen LogP contribution in [0.3, 0.4) is 0 Å². The summed E-state index contributed by atoms with van der Waals surface area (Å²) in [4.78, 5) is 73.0. The van der Waals surface area contributed by atoms with Crippen LogP contribution >= 0.6 is 15.6 Å². The van der Waals surface area contributed by atoms with Crippen molar-refractivity contribution in [1.82, 2.24) is 0 Å². The zero-order valence-electron chi connectivity index (χ0n) is 64.3. The number of hydrogen-bond donors (Lipinski definition) is 3. The number of ether oxygens (including phenoxy) is 4. The molecule has 0 bridgehead atoms. The number of phosphoric ester groups is 2. The molecular weight excluding hydrogens is 1330 g/mol. The van der Waals surface area contributed by atoms with Crippen LogP contribution in [0.5, 0.6) is 0 Å². The van der Waals surface area contributed by atoms with E-state index < -0.39 is 97.5 Å². The Morgan fingerprint density at radius 3 is 0.873 bits per heavy atom. The number of aliphatic hydroxyl groups excluding tert-OH is 1. The number of allylic oxidation sites excluding steroid dienone is 18. The van der Waals surface area contributed by atoms with Gasteiger partial charge in [-0.25, -0.2) is 9.13 Å². The topological polar surface area (TPSA) is 237 Å². The average molecular weight is 1480 g/mol. The second-order valence-corrected chi connectivity index (χ2v) is 29.6. The molecule has 0 aliphatic carbocycles. The number of hydrogen-bond acceptors (Lipinski definition) is 15. The minimum Gasteiger partial charge on any atom is -0.462 e.